The summed E-state index contributed by atoms with van der Waals surface area (Å²) < 4.78 is 0. The average molecular weight is 346 g/mol. The predicted molar refractivity (Wildman–Crippen MR) is 110 cm³/mol. The van der Waals surface area contributed by atoms with Crippen LogP contribution >= 0.6 is 11.8 Å². The van der Waals surface area contributed by atoms with Gasteiger partial charge in [-0.15, -0.1) is 24.9 Å². The van der Waals surface area contributed by atoms with Gasteiger partial charge in [-0.05, 0) is 30.0 Å². The topological polar surface area (TPSA) is 17.1 Å². The summed E-state index contributed by atoms with van der Waals surface area (Å²) in [6.45, 7) is 9.80. The lowest BCUT2D eigenvalue weighted by molar-refractivity contribution is 0.0893. The second-order valence-corrected chi connectivity index (χ2v) is 7.40. The van der Waals surface area contributed by atoms with Gasteiger partial charge in [0.2, 0.25) is 0 Å². The summed E-state index contributed by atoms with van der Waals surface area (Å²) in [4.78, 5) is 14.4. The Balaban J connectivity index is 2.33. The lowest BCUT2D eigenvalue weighted by Crippen LogP contribution is -2.23. The predicted octanol–water partition coefficient (Wildman–Crippen LogP) is 6.25. The van der Waals surface area contributed by atoms with E-state index in [-0.39, 0.29) is 5.78 Å². The van der Waals surface area contributed by atoms with Gasteiger partial charge in [0.1, 0.15) is 0 Å². The van der Waals surface area contributed by atoms with E-state index in [0.29, 0.717) is 6.42 Å². The van der Waals surface area contributed by atoms with Crippen LogP contribution in [-0.2, 0) is 0 Å². The smallest absolute Gasteiger partial charge is 0.174 e. The minimum absolute atomic E-state index is 0.186. The van der Waals surface area contributed by atoms with Gasteiger partial charge in [0.05, 0.1) is 5.41 Å². The van der Waals surface area contributed by atoms with Gasteiger partial charge >= 0.3 is 0 Å². The molecule has 1 aliphatic carbocycles. The van der Waals surface area contributed by atoms with E-state index in [1.54, 1.807) is 11.8 Å². The maximum Gasteiger partial charge on any atom is 0.174 e. The van der Waals surface area contributed by atoms with E-state index in [2.05, 4.69) is 31.4 Å². The molecule has 0 radical (unpaired) electrons. The molecule has 0 saturated carbocycles. The summed E-state index contributed by atoms with van der Waals surface area (Å²) in [6, 6.07) is 18.3. The number of carbonyl (C=O) groups is 1. The molecule has 0 N–H and O–H groups in total. The van der Waals surface area contributed by atoms with Gasteiger partial charge in [-0.2, -0.15) is 0 Å². The van der Waals surface area contributed by atoms with Crippen molar-refractivity contribution in [3.8, 4) is 0 Å². The third kappa shape index (κ3) is 3.03. The first-order chi connectivity index (χ1) is 12.1. The molecule has 0 aliphatic heterocycles. The Labute approximate surface area is 154 Å². The Morgan fingerprint density at radius 2 is 1.64 bits per heavy atom. The van der Waals surface area contributed by atoms with E-state index in [0.717, 1.165) is 32.9 Å². The fourth-order valence-electron chi connectivity index (χ4n) is 3.50. The second-order valence-electron chi connectivity index (χ2n) is 6.37. The Morgan fingerprint density at radius 3 is 2.28 bits per heavy atom. The molecular formula is C23H22OS. The highest BCUT2D eigenvalue weighted by atomic mass is 32.2. The van der Waals surface area contributed by atoms with Crippen LogP contribution in [0.15, 0.2) is 79.9 Å². The summed E-state index contributed by atoms with van der Waals surface area (Å²) >= 11 is 1.74. The van der Waals surface area contributed by atoms with E-state index >= 15 is 0 Å². The van der Waals surface area contributed by atoms with E-state index in [9.17, 15) is 4.79 Å². The molecular weight excluding hydrogens is 324 g/mol. The maximum atomic E-state index is 13.2. The van der Waals surface area contributed by atoms with Gasteiger partial charge in [0.25, 0.3) is 0 Å². The van der Waals surface area contributed by atoms with Gasteiger partial charge in [0, 0.05) is 16.2 Å². The lowest BCUT2D eigenvalue weighted by atomic mass is 9.78. The van der Waals surface area contributed by atoms with Crippen molar-refractivity contribution in [3.05, 3.63) is 96.6 Å². The van der Waals surface area contributed by atoms with Crippen LogP contribution in [0.25, 0.3) is 10.5 Å². The Kier molecular flexibility index (Phi) is 5.10. The van der Waals surface area contributed by atoms with Crippen LogP contribution in [0.1, 0.15) is 34.8 Å². The SMILES string of the molecule is C=CCS/C(=C1\c2ccccc2C(=O)C1(C)CC=C)c1ccccc1. The molecule has 2 aromatic carbocycles. The maximum absolute atomic E-state index is 13.2. The quantitative estimate of drug-likeness (QED) is 0.575. The number of hydrogen-bond acceptors (Lipinski definition) is 2. The number of fused-ring (bicyclic) bond motifs is 1. The number of Topliss-reactive ketones (excluding diaryl/α,β-unsaturated/α-hetero) is 1. The second kappa shape index (κ2) is 7.28. The number of ketones is 1. The molecule has 0 aromatic heterocycles. The number of hydrogen-bond donors (Lipinski definition) is 0. The highest BCUT2D eigenvalue weighted by Crippen LogP contribution is 2.54. The summed E-state index contributed by atoms with van der Waals surface area (Å²) in [5, 5.41) is 0. The van der Waals surface area contributed by atoms with Crippen molar-refractivity contribution < 1.29 is 4.79 Å². The Bertz CT molecular complexity index is 847. The monoisotopic (exact) mass is 346 g/mol. The molecule has 1 aliphatic rings. The molecule has 0 spiro atoms. The van der Waals surface area contributed by atoms with Crippen LogP contribution in [0.2, 0.25) is 0 Å². The van der Waals surface area contributed by atoms with Crippen molar-refractivity contribution in [3.63, 3.8) is 0 Å². The zero-order valence-electron chi connectivity index (χ0n) is 14.5. The molecule has 0 heterocycles. The first-order valence-electron chi connectivity index (χ1n) is 8.42. The molecule has 2 aromatic rings. The van der Waals surface area contributed by atoms with Crippen molar-refractivity contribution in [2.45, 2.75) is 13.3 Å². The van der Waals surface area contributed by atoms with Gasteiger partial charge in [-0.3, -0.25) is 4.79 Å². The van der Waals surface area contributed by atoms with Gasteiger partial charge in [-0.1, -0.05) is 66.7 Å². The average Bonchev–Trinajstić information content (AvgIpc) is 2.86. The van der Waals surface area contributed by atoms with Crippen LogP contribution in [0.3, 0.4) is 0 Å². The Hall–Kier alpha value is -2.32. The largest absolute Gasteiger partial charge is 0.293 e. The number of allylic oxidation sites excluding steroid dienone is 2. The van der Waals surface area contributed by atoms with Gasteiger partial charge in [0.15, 0.2) is 5.78 Å². The van der Waals surface area contributed by atoms with Crippen LogP contribution < -0.4 is 0 Å². The van der Waals surface area contributed by atoms with Crippen molar-refractivity contribution in [1.82, 2.24) is 0 Å². The van der Waals surface area contributed by atoms with Crippen molar-refractivity contribution in [2.24, 2.45) is 5.41 Å². The molecule has 0 saturated heterocycles. The van der Waals surface area contributed by atoms with Gasteiger partial charge < -0.3 is 0 Å². The molecule has 2 heteroatoms. The molecule has 25 heavy (non-hydrogen) atoms. The molecule has 1 atom stereocenters. The van der Waals surface area contributed by atoms with E-state index in [4.69, 9.17) is 0 Å². The molecule has 1 unspecified atom stereocenters. The lowest BCUT2D eigenvalue weighted by Gasteiger charge is -2.26. The third-order valence-corrected chi connectivity index (χ3v) is 5.79. The standard InChI is InChI=1S/C23H22OS/c1-4-15-23(3)20(18-13-9-10-14-19(18)22(23)24)21(25-16-5-2)17-11-7-6-8-12-17/h4-14H,1-2,15-16H2,3H3/b21-20+. The third-order valence-electron chi connectivity index (χ3n) is 4.66. The van der Waals surface area contributed by atoms with Crippen LogP contribution in [0.4, 0.5) is 0 Å². The molecule has 1 nitrogen and oxygen atoms in total. The Morgan fingerprint density at radius 1 is 1.00 bits per heavy atom. The molecule has 126 valence electrons. The highest BCUT2D eigenvalue weighted by Gasteiger charge is 2.46. The zero-order chi connectivity index (χ0) is 17.9. The number of thioether (sulfide) groups is 1. The summed E-state index contributed by atoms with van der Waals surface area (Å²) in [5.41, 5.74) is 3.54. The molecule has 0 fully saturated rings. The number of carbonyl (C=O) groups excluding carboxylic acids is 1. The first-order valence-corrected chi connectivity index (χ1v) is 9.41. The summed E-state index contributed by atoms with van der Waals surface area (Å²) in [7, 11) is 0. The number of rotatable bonds is 6. The molecule has 0 amide bonds. The minimum atomic E-state index is -0.579. The zero-order valence-corrected chi connectivity index (χ0v) is 15.3. The van der Waals surface area contributed by atoms with Crippen molar-refractivity contribution in [1.29, 1.82) is 0 Å². The van der Waals surface area contributed by atoms with Crippen LogP contribution in [0, 0.1) is 5.41 Å². The van der Waals surface area contributed by atoms with Crippen LogP contribution in [0.5, 0.6) is 0 Å². The van der Waals surface area contributed by atoms with E-state index in [1.165, 1.54) is 0 Å². The van der Waals surface area contributed by atoms with Crippen molar-refractivity contribution in [2.75, 3.05) is 5.75 Å². The normalized spacial score (nSPS) is 20.9. The minimum Gasteiger partial charge on any atom is -0.293 e. The fraction of sp³-hybridized carbons (Fsp3) is 0.174. The highest BCUT2D eigenvalue weighted by molar-refractivity contribution is 8.08. The molecule has 0 bridgehead atoms. The summed E-state index contributed by atoms with van der Waals surface area (Å²) in [6.07, 6.45) is 4.38. The van der Waals surface area contributed by atoms with Crippen LogP contribution in [-0.4, -0.2) is 11.5 Å². The fourth-order valence-corrected chi connectivity index (χ4v) is 4.56. The van der Waals surface area contributed by atoms with E-state index in [1.807, 2.05) is 55.5 Å². The number of benzene rings is 2. The molecule has 3 rings (SSSR count). The first kappa shape index (κ1) is 17.5. The van der Waals surface area contributed by atoms with Gasteiger partial charge in [-0.25, -0.2) is 0 Å². The summed E-state index contributed by atoms with van der Waals surface area (Å²) in [5.74, 6) is 0.986. The van der Waals surface area contributed by atoms with E-state index < -0.39 is 5.41 Å². The van der Waals surface area contributed by atoms with Crippen molar-refractivity contribution >= 4 is 28.0 Å².